The highest BCUT2D eigenvalue weighted by molar-refractivity contribution is 14.1. The third-order valence-electron chi connectivity index (χ3n) is 3.64. The van der Waals surface area contributed by atoms with Gasteiger partial charge in [-0.15, -0.1) is 13.2 Å². The summed E-state index contributed by atoms with van der Waals surface area (Å²) < 4.78 is 41.2. The standard InChI is InChI=1S/C19H11F3IN5O2/c20-19(21,22)30-15-7-6-11(8-14(15)23)10-25-28-18-26-16(12-4-2-1-3-5-12)13(9-24)17(29)27-18/h1-8,10H,(H2,26,27,28,29). The Kier molecular flexibility index (Phi) is 6.36. The molecule has 0 aliphatic carbocycles. The molecule has 152 valence electrons. The van der Waals surface area contributed by atoms with E-state index in [9.17, 15) is 23.2 Å². The number of ether oxygens (including phenoxy) is 1. The van der Waals surface area contributed by atoms with Crippen LogP contribution < -0.4 is 15.7 Å². The van der Waals surface area contributed by atoms with Crippen molar-refractivity contribution in [3.63, 3.8) is 0 Å². The molecule has 0 atom stereocenters. The number of aromatic amines is 1. The van der Waals surface area contributed by atoms with Gasteiger partial charge in [-0.05, 0) is 46.4 Å². The number of H-pyrrole nitrogens is 1. The van der Waals surface area contributed by atoms with Gasteiger partial charge in [0.25, 0.3) is 5.56 Å². The third kappa shape index (κ3) is 5.35. The second kappa shape index (κ2) is 8.95. The lowest BCUT2D eigenvalue weighted by Crippen LogP contribution is -2.17. The van der Waals surface area contributed by atoms with Crippen LogP contribution >= 0.6 is 22.6 Å². The van der Waals surface area contributed by atoms with Gasteiger partial charge in [0, 0.05) is 5.56 Å². The normalized spacial score (nSPS) is 11.3. The van der Waals surface area contributed by atoms with E-state index >= 15 is 0 Å². The van der Waals surface area contributed by atoms with E-state index in [4.69, 9.17) is 0 Å². The molecule has 0 fully saturated rings. The molecule has 7 nitrogen and oxygen atoms in total. The quantitative estimate of drug-likeness (QED) is 0.295. The summed E-state index contributed by atoms with van der Waals surface area (Å²) in [5, 5.41) is 13.2. The summed E-state index contributed by atoms with van der Waals surface area (Å²) in [6.07, 6.45) is -3.44. The lowest BCUT2D eigenvalue weighted by atomic mass is 10.1. The number of hydrazone groups is 1. The van der Waals surface area contributed by atoms with Crippen LogP contribution in [0, 0.1) is 14.9 Å². The molecule has 0 radical (unpaired) electrons. The highest BCUT2D eigenvalue weighted by Gasteiger charge is 2.31. The fourth-order valence-electron chi connectivity index (χ4n) is 2.41. The Labute approximate surface area is 181 Å². The van der Waals surface area contributed by atoms with Crippen molar-refractivity contribution >= 4 is 34.8 Å². The van der Waals surface area contributed by atoms with E-state index in [-0.39, 0.29) is 26.5 Å². The molecule has 1 aromatic heterocycles. The largest absolute Gasteiger partial charge is 0.573 e. The summed E-state index contributed by atoms with van der Waals surface area (Å²) >= 11 is 1.71. The molecule has 1 heterocycles. The molecule has 30 heavy (non-hydrogen) atoms. The molecule has 3 aromatic rings. The van der Waals surface area contributed by atoms with Gasteiger partial charge in [0.15, 0.2) is 0 Å². The molecule has 0 saturated heterocycles. The second-order valence-electron chi connectivity index (χ2n) is 5.72. The minimum Gasteiger partial charge on any atom is -0.405 e. The van der Waals surface area contributed by atoms with Crippen molar-refractivity contribution in [3.8, 4) is 23.1 Å². The number of anilines is 1. The van der Waals surface area contributed by atoms with Crippen LogP contribution in [0.25, 0.3) is 11.3 Å². The topological polar surface area (TPSA) is 103 Å². The highest BCUT2D eigenvalue weighted by Crippen LogP contribution is 2.28. The second-order valence-corrected chi connectivity index (χ2v) is 6.89. The molecule has 0 aliphatic rings. The molecule has 0 unspecified atom stereocenters. The SMILES string of the molecule is N#Cc1c(-c2ccccc2)nc(NN=Cc2ccc(OC(F)(F)F)c(I)c2)[nH]c1=O. The number of nitrogens with zero attached hydrogens (tertiary/aromatic N) is 3. The molecular formula is C19H11F3IN5O2. The van der Waals surface area contributed by atoms with Gasteiger partial charge >= 0.3 is 6.36 Å². The van der Waals surface area contributed by atoms with Gasteiger partial charge in [-0.2, -0.15) is 10.4 Å². The summed E-state index contributed by atoms with van der Waals surface area (Å²) in [6, 6.07) is 14.5. The Morgan fingerprint density at radius 2 is 1.97 bits per heavy atom. The number of nitrogens with one attached hydrogen (secondary N) is 2. The van der Waals surface area contributed by atoms with Crippen LogP contribution in [0.5, 0.6) is 5.75 Å². The third-order valence-corrected chi connectivity index (χ3v) is 4.49. The first-order chi connectivity index (χ1) is 14.3. The Balaban J connectivity index is 1.82. The zero-order chi connectivity index (χ0) is 21.7. The van der Waals surface area contributed by atoms with Crippen molar-refractivity contribution in [3.05, 3.63) is 73.6 Å². The molecule has 0 aliphatic heterocycles. The minimum absolute atomic E-state index is 0.000764. The van der Waals surface area contributed by atoms with Crippen molar-refractivity contribution in [2.75, 3.05) is 5.43 Å². The van der Waals surface area contributed by atoms with Gasteiger partial charge in [-0.25, -0.2) is 10.4 Å². The molecule has 0 saturated carbocycles. The molecule has 2 aromatic carbocycles. The summed E-state index contributed by atoms with van der Waals surface area (Å²) in [6.45, 7) is 0. The van der Waals surface area contributed by atoms with Crippen molar-refractivity contribution in [1.29, 1.82) is 5.26 Å². The number of halogens is 4. The molecule has 0 spiro atoms. The van der Waals surface area contributed by atoms with E-state index in [1.807, 2.05) is 6.07 Å². The van der Waals surface area contributed by atoms with Gasteiger partial charge in [-0.3, -0.25) is 9.78 Å². The Morgan fingerprint density at radius 3 is 2.60 bits per heavy atom. The van der Waals surface area contributed by atoms with Crippen LogP contribution in [0.4, 0.5) is 19.1 Å². The maximum Gasteiger partial charge on any atom is 0.573 e. The van der Waals surface area contributed by atoms with Crippen LogP contribution in [0.15, 0.2) is 58.4 Å². The molecular weight excluding hydrogens is 514 g/mol. The number of hydrogen-bond acceptors (Lipinski definition) is 6. The Morgan fingerprint density at radius 1 is 1.23 bits per heavy atom. The lowest BCUT2D eigenvalue weighted by molar-refractivity contribution is -0.274. The van der Waals surface area contributed by atoms with Gasteiger partial charge in [0.2, 0.25) is 5.95 Å². The number of nitriles is 1. The number of aromatic nitrogens is 2. The molecule has 0 amide bonds. The van der Waals surface area contributed by atoms with Gasteiger partial charge in [-0.1, -0.05) is 30.3 Å². The maximum absolute atomic E-state index is 12.3. The molecule has 3 rings (SSSR count). The van der Waals surface area contributed by atoms with E-state index in [2.05, 4.69) is 25.2 Å². The van der Waals surface area contributed by atoms with Crippen LogP contribution in [0.2, 0.25) is 0 Å². The summed E-state index contributed by atoms with van der Waals surface area (Å²) in [5.41, 5.74) is 3.05. The number of benzene rings is 2. The minimum atomic E-state index is -4.78. The van der Waals surface area contributed by atoms with E-state index < -0.39 is 11.9 Å². The van der Waals surface area contributed by atoms with Gasteiger partial charge < -0.3 is 4.74 Å². The van der Waals surface area contributed by atoms with Crippen LogP contribution in [-0.2, 0) is 0 Å². The first-order valence-electron chi connectivity index (χ1n) is 8.21. The van der Waals surface area contributed by atoms with Crippen molar-refractivity contribution in [2.24, 2.45) is 5.10 Å². The first-order valence-corrected chi connectivity index (χ1v) is 9.29. The number of rotatable bonds is 5. The molecule has 2 N–H and O–H groups in total. The van der Waals surface area contributed by atoms with Crippen LogP contribution in [0.3, 0.4) is 0 Å². The first kappa shape index (κ1) is 21.3. The fourth-order valence-corrected chi connectivity index (χ4v) is 3.06. The van der Waals surface area contributed by atoms with Crippen LogP contribution in [-0.4, -0.2) is 22.5 Å². The Bertz CT molecular complexity index is 1190. The molecule has 11 heteroatoms. The van der Waals surface area contributed by atoms with Gasteiger partial charge in [0.05, 0.1) is 15.5 Å². The van der Waals surface area contributed by atoms with Gasteiger partial charge in [0.1, 0.15) is 17.4 Å². The van der Waals surface area contributed by atoms with E-state index in [1.54, 1.807) is 52.9 Å². The zero-order valence-electron chi connectivity index (χ0n) is 14.9. The van der Waals surface area contributed by atoms with Crippen molar-refractivity contribution < 1.29 is 17.9 Å². The predicted molar refractivity (Wildman–Crippen MR) is 112 cm³/mol. The average molecular weight is 525 g/mol. The average Bonchev–Trinajstić information content (AvgIpc) is 2.69. The highest BCUT2D eigenvalue weighted by atomic mass is 127. The van der Waals surface area contributed by atoms with Crippen LogP contribution in [0.1, 0.15) is 11.1 Å². The zero-order valence-corrected chi connectivity index (χ0v) is 17.0. The monoisotopic (exact) mass is 525 g/mol. The smallest absolute Gasteiger partial charge is 0.405 e. The summed E-state index contributed by atoms with van der Waals surface area (Å²) in [7, 11) is 0. The number of hydrogen-bond donors (Lipinski definition) is 2. The Hall–Kier alpha value is -3.40. The predicted octanol–water partition coefficient (Wildman–Crippen LogP) is 4.26. The summed E-state index contributed by atoms with van der Waals surface area (Å²) in [4.78, 5) is 18.8. The summed E-state index contributed by atoms with van der Waals surface area (Å²) in [5.74, 6) is -0.320. The maximum atomic E-state index is 12.3. The number of alkyl halides is 3. The fraction of sp³-hybridized carbons (Fsp3) is 0.0526. The lowest BCUT2D eigenvalue weighted by Gasteiger charge is -2.10. The van der Waals surface area contributed by atoms with Crippen molar-refractivity contribution in [1.82, 2.24) is 9.97 Å². The van der Waals surface area contributed by atoms with E-state index in [1.165, 1.54) is 24.4 Å². The molecule has 0 bridgehead atoms. The van der Waals surface area contributed by atoms with E-state index in [0.717, 1.165) is 0 Å². The van der Waals surface area contributed by atoms with Crippen molar-refractivity contribution in [2.45, 2.75) is 6.36 Å². The van der Waals surface area contributed by atoms with E-state index in [0.29, 0.717) is 11.1 Å².